The van der Waals surface area contributed by atoms with Gasteiger partial charge in [0.2, 0.25) is 0 Å². The van der Waals surface area contributed by atoms with Crippen LogP contribution in [0.15, 0.2) is 29.0 Å². The molecule has 0 aliphatic heterocycles. The third-order valence-corrected chi connectivity index (χ3v) is 2.55. The first-order chi connectivity index (χ1) is 8.06. The van der Waals surface area contributed by atoms with Crippen molar-refractivity contribution in [3.63, 3.8) is 0 Å². The number of carboxylic acid groups (broad SMARTS) is 1. The monoisotopic (exact) mass is 296 g/mol. The minimum Gasteiger partial charge on any atom is -0.465 e. The Labute approximate surface area is 105 Å². The van der Waals surface area contributed by atoms with Gasteiger partial charge in [-0.1, -0.05) is 0 Å². The van der Waals surface area contributed by atoms with Crippen molar-refractivity contribution in [2.24, 2.45) is 7.05 Å². The first-order valence-electron chi connectivity index (χ1n) is 4.71. The van der Waals surface area contributed by atoms with E-state index < -0.39 is 6.09 Å². The largest absolute Gasteiger partial charge is 0.465 e. The van der Waals surface area contributed by atoms with Gasteiger partial charge in [0.15, 0.2) is 5.82 Å². The number of nitrogens with one attached hydrogen (secondary N) is 1. The Morgan fingerprint density at radius 1 is 1.47 bits per heavy atom. The van der Waals surface area contributed by atoms with Gasteiger partial charge in [0.05, 0.1) is 5.69 Å². The molecule has 6 nitrogen and oxygen atoms in total. The smallest absolute Gasteiger partial charge is 0.410 e. The molecular formula is C10H9BrN4O2. The minimum absolute atomic E-state index is 0.287. The number of amides is 1. The van der Waals surface area contributed by atoms with Gasteiger partial charge < -0.3 is 5.11 Å². The number of nitrogens with zero attached hydrogens (tertiary/aromatic N) is 3. The zero-order valence-corrected chi connectivity index (χ0v) is 10.5. The highest BCUT2D eigenvalue weighted by Gasteiger charge is 2.09. The van der Waals surface area contributed by atoms with E-state index in [1.807, 2.05) is 6.07 Å². The molecule has 2 rings (SSSR count). The molecule has 2 aromatic rings. The van der Waals surface area contributed by atoms with Crippen molar-refractivity contribution in [2.45, 2.75) is 0 Å². The fraction of sp³-hybridized carbons (Fsp3) is 0.100. The Morgan fingerprint density at radius 2 is 2.24 bits per heavy atom. The zero-order chi connectivity index (χ0) is 12.4. The Morgan fingerprint density at radius 3 is 2.88 bits per heavy atom. The first-order valence-corrected chi connectivity index (χ1v) is 5.50. The first kappa shape index (κ1) is 11.6. The van der Waals surface area contributed by atoms with Gasteiger partial charge in [-0.25, -0.2) is 4.79 Å². The average molecular weight is 297 g/mol. The second-order valence-corrected chi connectivity index (χ2v) is 4.28. The third kappa shape index (κ3) is 2.62. The van der Waals surface area contributed by atoms with Crippen molar-refractivity contribution in [1.82, 2.24) is 14.8 Å². The summed E-state index contributed by atoms with van der Waals surface area (Å²) in [6.07, 6.45) is 2.23. The van der Waals surface area contributed by atoms with Crippen LogP contribution in [0.2, 0.25) is 0 Å². The van der Waals surface area contributed by atoms with Crippen LogP contribution < -0.4 is 5.32 Å². The molecule has 0 aliphatic rings. The van der Waals surface area contributed by atoms with E-state index in [9.17, 15) is 4.79 Å². The van der Waals surface area contributed by atoms with E-state index in [1.165, 1.54) is 0 Å². The molecule has 2 aromatic heterocycles. The molecule has 0 spiro atoms. The highest BCUT2D eigenvalue weighted by atomic mass is 79.9. The number of pyridine rings is 1. The molecule has 0 atom stereocenters. The molecule has 0 fully saturated rings. The molecule has 0 saturated heterocycles. The fourth-order valence-electron chi connectivity index (χ4n) is 1.46. The number of aromatic nitrogens is 3. The van der Waals surface area contributed by atoms with Gasteiger partial charge in [-0.15, -0.1) is 0 Å². The van der Waals surface area contributed by atoms with Gasteiger partial charge in [-0.2, -0.15) is 5.10 Å². The van der Waals surface area contributed by atoms with Crippen molar-refractivity contribution in [3.05, 3.63) is 29.0 Å². The lowest BCUT2D eigenvalue weighted by Gasteiger charge is -2.00. The molecule has 0 radical (unpaired) electrons. The lowest BCUT2D eigenvalue weighted by atomic mass is 10.2. The summed E-state index contributed by atoms with van der Waals surface area (Å²) in [4.78, 5) is 14.5. The van der Waals surface area contributed by atoms with Crippen molar-refractivity contribution < 1.29 is 9.90 Å². The molecule has 0 aliphatic carbocycles. The van der Waals surface area contributed by atoms with E-state index in [4.69, 9.17) is 5.11 Å². The predicted octanol–water partition coefficient (Wildman–Crippen LogP) is 2.33. The quantitative estimate of drug-likeness (QED) is 0.891. The van der Waals surface area contributed by atoms with Crippen LogP contribution in [-0.2, 0) is 7.05 Å². The van der Waals surface area contributed by atoms with Crippen LogP contribution in [0, 0.1) is 0 Å². The van der Waals surface area contributed by atoms with E-state index in [-0.39, 0.29) is 5.82 Å². The number of anilines is 1. The highest BCUT2D eigenvalue weighted by molar-refractivity contribution is 9.10. The molecule has 88 valence electrons. The van der Waals surface area contributed by atoms with Gasteiger partial charge in [0.25, 0.3) is 0 Å². The van der Waals surface area contributed by atoms with Gasteiger partial charge >= 0.3 is 6.09 Å². The molecule has 2 heterocycles. The minimum atomic E-state index is -1.14. The molecule has 1 amide bonds. The van der Waals surface area contributed by atoms with Gasteiger partial charge in [0, 0.05) is 35.5 Å². The summed E-state index contributed by atoms with van der Waals surface area (Å²) in [7, 11) is 1.74. The molecule has 0 saturated carbocycles. The van der Waals surface area contributed by atoms with Gasteiger partial charge in [-0.3, -0.25) is 15.0 Å². The number of hydrogen-bond acceptors (Lipinski definition) is 3. The molecule has 7 heteroatoms. The third-order valence-electron chi connectivity index (χ3n) is 2.12. The maximum Gasteiger partial charge on any atom is 0.410 e. The lowest BCUT2D eigenvalue weighted by molar-refractivity contribution is 0.209. The number of halogens is 1. The summed E-state index contributed by atoms with van der Waals surface area (Å²) in [6, 6.07) is 3.53. The van der Waals surface area contributed by atoms with E-state index in [1.54, 1.807) is 30.2 Å². The molecule has 17 heavy (non-hydrogen) atoms. The van der Waals surface area contributed by atoms with Crippen molar-refractivity contribution in [2.75, 3.05) is 5.32 Å². The second kappa shape index (κ2) is 4.54. The van der Waals surface area contributed by atoms with Crippen LogP contribution >= 0.6 is 15.9 Å². The summed E-state index contributed by atoms with van der Waals surface area (Å²) in [6.45, 7) is 0. The highest BCUT2D eigenvalue weighted by Crippen LogP contribution is 2.23. The summed E-state index contributed by atoms with van der Waals surface area (Å²) >= 11 is 3.33. The van der Waals surface area contributed by atoms with E-state index in [2.05, 4.69) is 31.3 Å². The average Bonchev–Trinajstić information content (AvgIpc) is 2.58. The molecule has 0 aromatic carbocycles. The maximum absolute atomic E-state index is 10.5. The zero-order valence-electron chi connectivity index (χ0n) is 8.88. The topological polar surface area (TPSA) is 80.0 Å². The summed E-state index contributed by atoms with van der Waals surface area (Å²) in [5.41, 5.74) is 1.63. The Kier molecular flexibility index (Phi) is 3.10. The van der Waals surface area contributed by atoms with Crippen LogP contribution in [-0.4, -0.2) is 26.0 Å². The van der Waals surface area contributed by atoms with E-state index in [0.29, 0.717) is 0 Å². The SMILES string of the molecule is Cn1nc(NC(=O)O)cc1-c1cncc(Br)c1. The van der Waals surface area contributed by atoms with Crippen LogP contribution in [0.1, 0.15) is 0 Å². The summed E-state index contributed by atoms with van der Waals surface area (Å²) < 4.78 is 2.44. The standard InChI is InChI=1S/C10H9BrN4O2/c1-15-8(3-9(14-15)13-10(16)17)6-2-7(11)5-12-4-6/h2-5H,1H3,(H,13,14)(H,16,17). The second-order valence-electron chi connectivity index (χ2n) is 3.36. The van der Waals surface area contributed by atoms with Crippen LogP contribution in [0.5, 0.6) is 0 Å². The molecular weight excluding hydrogens is 288 g/mol. The summed E-state index contributed by atoms with van der Waals surface area (Å²) in [5.74, 6) is 0.287. The predicted molar refractivity (Wildman–Crippen MR) is 65.8 cm³/mol. The number of rotatable bonds is 2. The van der Waals surface area contributed by atoms with Crippen molar-refractivity contribution in [3.8, 4) is 11.3 Å². The van der Waals surface area contributed by atoms with Crippen LogP contribution in [0.4, 0.5) is 10.6 Å². The summed E-state index contributed by atoms with van der Waals surface area (Å²) in [5, 5.41) is 14.8. The van der Waals surface area contributed by atoms with Crippen LogP contribution in [0.3, 0.4) is 0 Å². The normalized spacial score (nSPS) is 10.2. The maximum atomic E-state index is 10.5. The Balaban J connectivity index is 2.39. The molecule has 0 bridgehead atoms. The fourth-order valence-corrected chi connectivity index (χ4v) is 1.82. The van der Waals surface area contributed by atoms with E-state index in [0.717, 1.165) is 15.7 Å². The molecule has 0 unspecified atom stereocenters. The van der Waals surface area contributed by atoms with Crippen LogP contribution in [0.25, 0.3) is 11.3 Å². The Bertz CT molecular complexity index is 567. The number of hydrogen-bond donors (Lipinski definition) is 2. The van der Waals surface area contributed by atoms with Gasteiger partial charge in [0.1, 0.15) is 0 Å². The number of carbonyl (C=O) groups is 1. The number of aryl methyl sites for hydroxylation is 1. The molecule has 2 N–H and O–H groups in total. The van der Waals surface area contributed by atoms with E-state index >= 15 is 0 Å². The van der Waals surface area contributed by atoms with Crippen molar-refractivity contribution >= 4 is 27.8 Å². The lowest BCUT2D eigenvalue weighted by Crippen LogP contribution is -2.07. The Hall–Kier alpha value is -1.89. The van der Waals surface area contributed by atoms with Gasteiger partial charge in [-0.05, 0) is 22.0 Å². The van der Waals surface area contributed by atoms with Crippen molar-refractivity contribution in [1.29, 1.82) is 0 Å².